The van der Waals surface area contributed by atoms with Gasteiger partial charge in [-0.2, -0.15) is 0 Å². The zero-order chi connectivity index (χ0) is 14.7. The summed E-state index contributed by atoms with van der Waals surface area (Å²) in [7, 11) is 0. The van der Waals surface area contributed by atoms with Crippen LogP contribution < -0.4 is 5.32 Å². The van der Waals surface area contributed by atoms with Gasteiger partial charge in [-0.3, -0.25) is 9.88 Å². The van der Waals surface area contributed by atoms with E-state index < -0.39 is 0 Å². The van der Waals surface area contributed by atoms with E-state index in [9.17, 15) is 0 Å². The minimum Gasteiger partial charge on any atom is -0.381 e. The van der Waals surface area contributed by atoms with Crippen molar-refractivity contribution in [3.63, 3.8) is 0 Å². The minimum absolute atomic E-state index is 0.382. The maximum atomic E-state index is 5.39. The van der Waals surface area contributed by atoms with Crippen LogP contribution >= 0.6 is 15.9 Å². The molecule has 1 aromatic carbocycles. The zero-order valence-corrected chi connectivity index (χ0v) is 13.8. The lowest BCUT2D eigenvalue weighted by molar-refractivity contribution is 0.0368. The lowest BCUT2D eigenvalue weighted by Gasteiger charge is -2.29. The van der Waals surface area contributed by atoms with Crippen molar-refractivity contribution in [1.82, 2.24) is 9.88 Å². The summed E-state index contributed by atoms with van der Waals surface area (Å²) in [5.74, 6) is 0. The van der Waals surface area contributed by atoms with Crippen LogP contribution in [0.4, 0.5) is 5.69 Å². The Morgan fingerprint density at radius 2 is 2.14 bits per heavy atom. The number of nitrogens with zero attached hydrogens (tertiary/aromatic N) is 2. The number of anilines is 1. The Labute approximate surface area is 133 Å². The van der Waals surface area contributed by atoms with Crippen molar-refractivity contribution in [2.75, 3.05) is 38.2 Å². The molecule has 21 heavy (non-hydrogen) atoms. The Bertz CT molecular complexity index is 613. The van der Waals surface area contributed by atoms with Crippen LogP contribution in [0.3, 0.4) is 0 Å². The second kappa shape index (κ2) is 6.73. The predicted molar refractivity (Wildman–Crippen MR) is 89.8 cm³/mol. The first-order valence-electron chi connectivity index (χ1n) is 7.34. The standard InChI is InChI=1S/C16H20BrN3O/c1-12(11-20-7-9-21-10-8-20)19-15-5-6-18-16-13(15)3-2-4-14(16)17/h2-6,12H,7-11H2,1H3,(H,18,19). The van der Waals surface area contributed by atoms with Gasteiger partial charge in [-0.1, -0.05) is 12.1 Å². The molecule has 2 aromatic rings. The van der Waals surface area contributed by atoms with Crippen molar-refractivity contribution < 1.29 is 4.74 Å². The molecule has 0 saturated carbocycles. The Morgan fingerprint density at radius 3 is 2.95 bits per heavy atom. The molecule has 0 radical (unpaired) electrons. The van der Waals surface area contributed by atoms with Gasteiger partial charge in [-0.15, -0.1) is 0 Å². The second-order valence-electron chi connectivity index (χ2n) is 5.45. The SMILES string of the molecule is CC(CN1CCOCC1)Nc1ccnc2c(Br)cccc12. The fourth-order valence-corrected chi connectivity index (χ4v) is 3.22. The van der Waals surface area contributed by atoms with E-state index in [-0.39, 0.29) is 0 Å². The molecule has 1 fully saturated rings. The monoisotopic (exact) mass is 349 g/mol. The summed E-state index contributed by atoms with van der Waals surface area (Å²) >= 11 is 3.56. The molecule has 1 N–H and O–H groups in total. The Kier molecular flexibility index (Phi) is 4.73. The Balaban J connectivity index is 1.73. The molecule has 0 spiro atoms. The molecule has 0 bridgehead atoms. The number of pyridine rings is 1. The highest BCUT2D eigenvalue weighted by atomic mass is 79.9. The van der Waals surface area contributed by atoms with Gasteiger partial charge in [0.05, 0.1) is 18.7 Å². The van der Waals surface area contributed by atoms with Crippen LogP contribution in [-0.4, -0.2) is 48.8 Å². The number of morpholine rings is 1. The molecule has 112 valence electrons. The van der Waals surface area contributed by atoms with Gasteiger partial charge >= 0.3 is 0 Å². The van der Waals surface area contributed by atoms with E-state index in [1.54, 1.807) is 0 Å². The van der Waals surface area contributed by atoms with Crippen LogP contribution in [-0.2, 0) is 4.74 Å². The number of fused-ring (bicyclic) bond motifs is 1. The first kappa shape index (κ1) is 14.8. The highest BCUT2D eigenvalue weighted by Gasteiger charge is 2.14. The Hall–Kier alpha value is -1.17. The summed E-state index contributed by atoms with van der Waals surface area (Å²) in [6.07, 6.45) is 1.86. The van der Waals surface area contributed by atoms with Gasteiger partial charge in [-0.25, -0.2) is 0 Å². The number of rotatable bonds is 4. The zero-order valence-electron chi connectivity index (χ0n) is 12.2. The summed E-state index contributed by atoms with van der Waals surface area (Å²) in [5.41, 5.74) is 2.14. The number of hydrogen-bond acceptors (Lipinski definition) is 4. The molecular weight excluding hydrogens is 330 g/mol. The third kappa shape index (κ3) is 3.54. The van der Waals surface area contributed by atoms with E-state index in [1.807, 2.05) is 24.4 Å². The van der Waals surface area contributed by atoms with Crippen molar-refractivity contribution in [2.45, 2.75) is 13.0 Å². The van der Waals surface area contributed by atoms with Crippen LogP contribution in [0.5, 0.6) is 0 Å². The van der Waals surface area contributed by atoms with E-state index in [4.69, 9.17) is 4.74 Å². The molecule has 0 aliphatic carbocycles. The molecule has 1 aromatic heterocycles. The second-order valence-corrected chi connectivity index (χ2v) is 6.31. The number of para-hydroxylation sites is 1. The smallest absolute Gasteiger partial charge is 0.0864 e. The average Bonchev–Trinajstić information content (AvgIpc) is 2.49. The normalized spacial score (nSPS) is 17.8. The molecule has 1 saturated heterocycles. The molecule has 1 atom stereocenters. The predicted octanol–water partition coefficient (Wildman–Crippen LogP) is 3.13. The highest BCUT2D eigenvalue weighted by molar-refractivity contribution is 9.10. The highest BCUT2D eigenvalue weighted by Crippen LogP contribution is 2.27. The molecule has 2 heterocycles. The fraction of sp³-hybridized carbons (Fsp3) is 0.438. The van der Waals surface area contributed by atoms with E-state index in [0.29, 0.717) is 6.04 Å². The molecule has 1 aliphatic rings. The summed E-state index contributed by atoms with van der Waals surface area (Å²) in [6, 6.07) is 8.61. The third-order valence-corrected chi connectivity index (χ3v) is 4.40. The van der Waals surface area contributed by atoms with Gasteiger partial charge < -0.3 is 10.1 Å². The molecule has 3 rings (SSSR count). The molecular formula is C16H20BrN3O. The lowest BCUT2D eigenvalue weighted by Crippen LogP contribution is -2.42. The van der Waals surface area contributed by atoms with Crippen molar-refractivity contribution in [1.29, 1.82) is 0 Å². The van der Waals surface area contributed by atoms with Crippen LogP contribution in [0.15, 0.2) is 34.9 Å². The van der Waals surface area contributed by atoms with Crippen molar-refractivity contribution in [3.8, 4) is 0 Å². The number of nitrogens with one attached hydrogen (secondary N) is 1. The maximum absolute atomic E-state index is 5.39. The summed E-state index contributed by atoms with van der Waals surface area (Å²) in [6.45, 7) is 6.99. The topological polar surface area (TPSA) is 37.4 Å². The number of benzene rings is 1. The van der Waals surface area contributed by atoms with E-state index in [1.165, 1.54) is 0 Å². The first-order chi connectivity index (χ1) is 10.2. The number of hydrogen-bond donors (Lipinski definition) is 1. The lowest BCUT2D eigenvalue weighted by atomic mass is 10.1. The van der Waals surface area contributed by atoms with Gasteiger partial charge in [0.25, 0.3) is 0 Å². The van der Waals surface area contributed by atoms with Gasteiger partial charge in [0.2, 0.25) is 0 Å². The molecule has 1 unspecified atom stereocenters. The van der Waals surface area contributed by atoms with Crippen molar-refractivity contribution in [2.24, 2.45) is 0 Å². The maximum Gasteiger partial charge on any atom is 0.0864 e. The summed E-state index contributed by atoms with van der Waals surface area (Å²) in [5, 5.41) is 4.77. The van der Waals surface area contributed by atoms with E-state index in [0.717, 1.165) is 53.9 Å². The van der Waals surface area contributed by atoms with Gasteiger partial charge in [0.15, 0.2) is 0 Å². The number of aromatic nitrogens is 1. The van der Waals surface area contributed by atoms with Crippen LogP contribution in [0.2, 0.25) is 0 Å². The Morgan fingerprint density at radius 1 is 1.33 bits per heavy atom. The van der Waals surface area contributed by atoms with Crippen molar-refractivity contribution in [3.05, 3.63) is 34.9 Å². The molecule has 1 aliphatic heterocycles. The van der Waals surface area contributed by atoms with Gasteiger partial charge in [-0.05, 0) is 35.0 Å². The van der Waals surface area contributed by atoms with E-state index in [2.05, 4.69) is 44.1 Å². The molecule has 0 amide bonds. The third-order valence-electron chi connectivity index (χ3n) is 3.76. The van der Waals surface area contributed by atoms with Gasteiger partial charge in [0.1, 0.15) is 0 Å². The van der Waals surface area contributed by atoms with Crippen LogP contribution in [0.25, 0.3) is 10.9 Å². The summed E-state index contributed by atoms with van der Waals surface area (Å²) in [4.78, 5) is 6.90. The quantitative estimate of drug-likeness (QED) is 0.919. The number of ether oxygens (including phenoxy) is 1. The van der Waals surface area contributed by atoms with E-state index >= 15 is 0 Å². The first-order valence-corrected chi connectivity index (χ1v) is 8.13. The largest absolute Gasteiger partial charge is 0.381 e. The average molecular weight is 350 g/mol. The molecule has 5 heteroatoms. The minimum atomic E-state index is 0.382. The van der Waals surface area contributed by atoms with Crippen LogP contribution in [0, 0.1) is 0 Å². The van der Waals surface area contributed by atoms with Crippen molar-refractivity contribution >= 4 is 32.5 Å². The van der Waals surface area contributed by atoms with Crippen LogP contribution in [0.1, 0.15) is 6.92 Å². The number of halogens is 1. The summed E-state index contributed by atoms with van der Waals surface area (Å²) < 4.78 is 6.43. The fourth-order valence-electron chi connectivity index (χ4n) is 2.75. The molecule has 4 nitrogen and oxygen atoms in total. The van der Waals surface area contributed by atoms with Gasteiger partial charge in [0, 0.05) is 47.4 Å².